The van der Waals surface area contributed by atoms with Crippen LogP contribution in [0.25, 0.3) is 10.2 Å². The number of rotatable bonds is 6. The van der Waals surface area contributed by atoms with Crippen LogP contribution in [-0.2, 0) is 0 Å². The van der Waals surface area contributed by atoms with Crippen molar-refractivity contribution in [2.45, 2.75) is 53.0 Å². The second-order valence-electron chi connectivity index (χ2n) is 5.76. The SMILES string of the molecule is CCCC(C)(C)Nc1nc(NCC)nc2sc(C)cc12. The third-order valence-electron chi connectivity index (χ3n) is 3.18. The second kappa shape index (κ2) is 5.95. The highest BCUT2D eigenvalue weighted by Crippen LogP contribution is 2.31. The molecule has 0 aliphatic heterocycles. The summed E-state index contributed by atoms with van der Waals surface area (Å²) in [6, 6.07) is 2.17. The second-order valence-corrected chi connectivity index (χ2v) is 7.00. The summed E-state index contributed by atoms with van der Waals surface area (Å²) in [6.07, 6.45) is 2.26. The Labute approximate surface area is 125 Å². The Balaban J connectivity index is 2.43. The van der Waals surface area contributed by atoms with Crippen molar-refractivity contribution in [3.05, 3.63) is 10.9 Å². The fourth-order valence-corrected chi connectivity index (χ4v) is 3.26. The van der Waals surface area contributed by atoms with Crippen LogP contribution in [0.2, 0.25) is 0 Å². The van der Waals surface area contributed by atoms with Crippen molar-refractivity contribution in [2.24, 2.45) is 0 Å². The molecule has 5 heteroatoms. The molecule has 0 unspecified atom stereocenters. The maximum Gasteiger partial charge on any atom is 0.226 e. The van der Waals surface area contributed by atoms with Gasteiger partial charge in [-0.05, 0) is 40.2 Å². The minimum atomic E-state index is 0.0371. The van der Waals surface area contributed by atoms with Crippen LogP contribution in [0.3, 0.4) is 0 Å². The Hall–Kier alpha value is -1.36. The molecule has 2 heterocycles. The summed E-state index contributed by atoms with van der Waals surface area (Å²) < 4.78 is 0. The lowest BCUT2D eigenvalue weighted by atomic mass is 9.99. The van der Waals surface area contributed by atoms with E-state index < -0.39 is 0 Å². The molecule has 0 spiro atoms. The van der Waals surface area contributed by atoms with Crippen molar-refractivity contribution in [1.29, 1.82) is 0 Å². The monoisotopic (exact) mass is 292 g/mol. The van der Waals surface area contributed by atoms with Crippen LogP contribution in [0, 0.1) is 6.92 Å². The van der Waals surface area contributed by atoms with E-state index in [1.807, 2.05) is 0 Å². The highest BCUT2D eigenvalue weighted by Gasteiger charge is 2.19. The number of aromatic nitrogens is 2. The van der Waals surface area contributed by atoms with Gasteiger partial charge in [0.15, 0.2) is 0 Å². The summed E-state index contributed by atoms with van der Waals surface area (Å²) in [5, 5.41) is 7.92. The summed E-state index contributed by atoms with van der Waals surface area (Å²) in [5.74, 6) is 1.64. The molecule has 0 radical (unpaired) electrons. The number of nitrogens with one attached hydrogen (secondary N) is 2. The first kappa shape index (κ1) is 15.0. The summed E-state index contributed by atoms with van der Waals surface area (Å²) in [4.78, 5) is 11.5. The largest absolute Gasteiger partial charge is 0.364 e. The number of fused-ring (bicyclic) bond motifs is 1. The topological polar surface area (TPSA) is 49.8 Å². The molecule has 0 aromatic carbocycles. The zero-order chi connectivity index (χ0) is 14.8. The van der Waals surface area contributed by atoms with Crippen LogP contribution in [0.4, 0.5) is 11.8 Å². The molecule has 2 aromatic rings. The van der Waals surface area contributed by atoms with Gasteiger partial charge in [-0.15, -0.1) is 11.3 Å². The molecule has 0 aliphatic rings. The van der Waals surface area contributed by atoms with Gasteiger partial charge in [0.1, 0.15) is 10.6 Å². The van der Waals surface area contributed by atoms with E-state index in [1.54, 1.807) is 11.3 Å². The molecule has 4 nitrogen and oxygen atoms in total. The van der Waals surface area contributed by atoms with Crippen molar-refractivity contribution in [3.8, 4) is 0 Å². The highest BCUT2D eigenvalue weighted by atomic mass is 32.1. The highest BCUT2D eigenvalue weighted by molar-refractivity contribution is 7.18. The van der Waals surface area contributed by atoms with Crippen LogP contribution in [0.1, 0.15) is 45.4 Å². The molecule has 2 N–H and O–H groups in total. The maximum absolute atomic E-state index is 4.64. The lowest BCUT2D eigenvalue weighted by molar-refractivity contribution is 0.509. The van der Waals surface area contributed by atoms with E-state index in [0.717, 1.165) is 35.4 Å². The summed E-state index contributed by atoms with van der Waals surface area (Å²) in [7, 11) is 0. The van der Waals surface area contributed by atoms with Gasteiger partial charge in [-0.25, -0.2) is 4.98 Å². The molecule has 2 rings (SSSR count). The quantitative estimate of drug-likeness (QED) is 0.827. The molecule has 0 bridgehead atoms. The fourth-order valence-electron chi connectivity index (χ4n) is 2.38. The van der Waals surface area contributed by atoms with Crippen LogP contribution in [0.5, 0.6) is 0 Å². The molecular weight excluding hydrogens is 268 g/mol. The van der Waals surface area contributed by atoms with Crippen LogP contribution < -0.4 is 10.6 Å². The molecule has 2 aromatic heterocycles. The van der Waals surface area contributed by atoms with Crippen molar-refractivity contribution in [1.82, 2.24) is 9.97 Å². The Bertz CT molecular complexity index is 589. The lowest BCUT2D eigenvalue weighted by Crippen LogP contribution is -2.31. The Morgan fingerprint density at radius 2 is 2.00 bits per heavy atom. The van der Waals surface area contributed by atoms with Gasteiger partial charge in [-0.1, -0.05) is 13.3 Å². The Morgan fingerprint density at radius 1 is 1.25 bits per heavy atom. The fraction of sp³-hybridized carbons (Fsp3) is 0.600. The molecule has 0 saturated carbocycles. The molecule has 110 valence electrons. The number of nitrogens with zero attached hydrogens (tertiary/aromatic N) is 2. The van der Waals surface area contributed by atoms with E-state index in [0.29, 0.717) is 5.95 Å². The minimum absolute atomic E-state index is 0.0371. The first-order valence-corrected chi connectivity index (χ1v) is 8.07. The summed E-state index contributed by atoms with van der Waals surface area (Å²) in [6.45, 7) is 11.6. The van der Waals surface area contributed by atoms with E-state index in [-0.39, 0.29) is 5.54 Å². The van der Waals surface area contributed by atoms with Gasteiger partial charge in [0.05, 0.1) is 5.39 Å². The standard InChI is InChI=1S/C15H24N4S/c1-6-8-15(4,5)19-12-11-9-10(3)20-13(11)18-14(17-12)16-7-2/h9H,6-8H2,1-5H3,(H2,16,17,18,19). The first-order valence-electron chi connectivity index (χ1n) is 7.25. The number of aryl methyl sites for hydroxylation is 1. The van der Waals surface area contributed by atoms with E-state index in [9.17, 15) is 0 Å². The smallest absolute Gasteiger partial charge is 0.226 e. The average molecular weight is 292 g/mol. The van der Waals surface area contributed by atoms with Crippen molar-refractivity contribution >= 4 is 33.3 Å². The van der Waals surface area contributed by atoms with Gasteiger partial charge in [0.2, 0.25) is 5.95 Å². The third kappa shape index (κ3) is 3.39. The van der Waals surface area contributed by atoms with E-state index in [2.05, 4.69) is 61.3 Å². The lowest BCUT2D eigenvalue weighted by Gasteiger charge is -2.27. The van der Waals surface area contributed by atoms with Crippen molar-refractivity contribution < 1.29 is 0 Å². The van der Waals surface area contributed by atoms with Crippen molar-refractivity contribution in [2.75, 3.05) is 17.2 Å². The van der Waals surface area contributed by atoms with E-state index >= 15 is 0 Å². The maximum atomic E-state index is 4.64. The van der Waals surface area contributed by atoms with Gasteiger partial charge in [0.25, 0.3) is 0 Å². The predicted molar refractivity (Wildman–Crippen MR) is 88.9 cm³/mol. The molecule has 0 atom stereocenters. The summed E-state index contributed by atoms with van der Waals surface area (Å²) >= 11 is 1.71. The predicted octanol–water partition coefficient (Wildman–Crippen LogP) is 4.42. The zero-order valence-electron chi connectivity index (χ0n) is 13.0. The van der Waals surface area contributed by atoms with Gasteiger partial charge in [-0.3, -0.25) is 0 Å². The molecule has 0 aliphatic carbocycles. The van der Waals surface area contributed by atoms with E-state index in [4.69, 9.17) is 0 Å². The minimum Gasteiger partial charge on any atom is -0.364 e. The third-order valence-corrected chi connectivity index (χ3v) is 4.13. The van der Waals surface area contributed by atoms with Crippen molar-refractivity contribution in [3.63, 3.8) is 0 Å². The summed E-state index contributed by atoms with van der Waals surface area (Å²) in [5.41, 5.74) is 0.0371. The van der Waals surface area contributed by atoms with Crippen LogP contribution in [-0.4, -0.2) is 22.1 Å². The Morgan fingerprint density at radius 3 is 2.65 bits per heavy atom. The van der Waals surface area contributed by atoms with Gasteiger partial charge < -0.3 is 10.6 Å². The number of thiophene rings is 1. The van der Waals surface area contributed by atoms with Crippen LogP contribution in [0.15, 0.2) is 6.07 Å². The van der Waals surface area contributed by atoms with Gasteiger partial charge in [-0.2, -0.15) is 4.98 Å². The normalized spacial score (nSPS) is 11.8. The van der Waals surface area contributed by atoms with Crippen LogP contribution >= 0.6 is 11.3 Å². The number of hydrogen-bond acceptors (Lipinski definition) is 5. The average Bonchev–Trinajstić information content (AvgIpc) is 2.69. The van der Waals surface area contributed by atoms with E-state index in [1.165, 1.54) is 4.88 Å². The molecule has 0 saturated heterocycles. The van der Waals surface area contributed by atoms with Gasteiger partial charge >= 0.3 is 0 Å². The first-order chi connectivity index (χ1) is 9.45. The Kier molecular flexibility index (Phi) is 4.48. The molecular formula is C15H24N4S. The molecule has 0 fully saturated rings. The van der Waals surface area contributed by atoms with Gasteiger partial charge in [0, 0.05) is 17.0 Å². The zero-order valence-corrected chi connectivity index (χ0v) is 13.8. The number of hydrogen-bond donors (Lipinski definition) is 2. The molecule has 0 amide bonds. The molecule has 20 heavy (non-hydrogen) atoms. The number of anilines is 2.